The van der Waals surface area contributed by atoms with Gasteiger partial charge in [0.2, 0.25) is 15.9 Å². The van der Waals surface area contributed by atoms with Gasteiger partial charge < -0.3 is 10.2 Å². The minimum Gasteiger partial charge on any atom is -0.352 e. The SMILES string of the molecule is O=C(CCN1CCN(S(=O)(=O)c2ccc(Cl)cc2)CC1)NCc1ccccc1Cl. The molecule has 1 N–H and O–H groups in total. The Morgan fingerprint density at radius 2 is 1.62 bits per heavy atom. The summed E-state index contributed by atoms with van der Waals surface area (Å²) in [6.45, 7) is 2.95. The number of sulfonamides is 1. The van der Waals surface area contributed by atoms with Gasteiger partial charge in [-0.3, -0.25) is 4.79 Å². The quantitative estimate of drug-likeness (QED) is 0.696. The van der Waals surface area contributed by atoms with Gasteiger partial charge in [-0.25, -0.2) is 8.42 Å². The van der Waals surface area contributed by atoms with Gasteiger partial charge in [-0.05, 0) is 35.9 Å². The number of hydrogen-bond acceptors (Lipinski definition) is 4. The zero-order valence-corrected chi connectivity index (χ0v) is 18.2. The number of piperazine rings is 1. The summed E-state index contributed by atoms with van der Waals surface area (Å²) in [6.07, 6.45) is 0.356. The lowest BCUT2D eigenvalue weighted by molar-refractivity contribution is -0.121. The third-order valence-electron chi connectivity index (χ3n) is 4.87. The van der Waals surface area contributed by atoms with Crippen molar-refractivity contribution in [3.63, 3.8) is 0 Å². The Labute approximate surface area is 181 Å². The van der Waals surface area contributed by atoms with Crippen molar-refractivity contribution in [2.75, 3.05) is 32.7 Å². The van der Waals surface area contributed by atoms with Crippen LogP contribution in [0.1, 0.15) is 12.0 Å². The number of carbonyl (C=O) groups is 1. The largest absolute Gasteiger partial charge is 0.352 e. The zero-order chi connectivity index (χ0) is 20.9. The second kappa shape index (κ2) is 9.91. The smallest absolute Gasteiger partial charge is 0.243 e. The molecule has 0 unspecified atom stereocenters. The maximum absolute atomic E-state index is 12.7. The monoisotopic (exact) mass is 455 g/mol. The standard InChI is InChI=1S/C20H23Cl2N3O3S/c21-17-5-7-18(8-6-17)29(27,28)25-13-11-24(12-14-25)10-9-20(26)23-15-16-3-1-2-4-19(16)22/h1-8H,9-15H2,(H,23,26). The van der Waals surface area contributed by atoms with Gasteiger partial charge in [0.1, 0.15) is 0 Å². The fourth-order valence-electron chi connectivity index (χ4n) is 3.13. The van der Waals surface area contributed by atoms with Crippen LogP contribution >= 0.6 is 23.2 Å². The van der Waals surface area contributed by atoms with E-state index in [1.54, 1.807) is 18.2 Å². The Balaban J connectivity index is 1.43. The molecule has 3 rings (SSSR count). The molecular weight excluding hydrogens is 433 g/mol. The summed E-state index contributed by atoms with van der Waals surface area (Å²) in [5.74, 6) is -0.0545. The Kier molecular flexibility index (Phi) is 7.54. The molecule has 29 heavy (non-hydrogen) atoms. The lowest BCUT2D eigenvalue weighted by atomic mass is 10.2. The summed E-state index contributed by atoms with van der Waals surface area (Å²) in [6, 6.07) is 13.6. The average Bonchev–Trinajstić information content (AvgIpc) is 2.72. The van der Waals surface area contributed by atoms with Gasteiger partial charge in [0, 0.05) is 55.7 Å². The van der Waals surface area contributed by atoms with Crippen LogP contribution in [0, 0.1) is 0 Å². The number of rotatable bonds is 7. The number of carbonyl (C=O) groups excluding carboxylic acids is 1. The summed E-state index contributed by atoms with van der Waals surface area (Å²) in [5.41, 5.74) is 0.878. The number of benzene rings is 2. The van der Waals surface area contributed by atoms with Crippen molar-refractivity contribution in [2.24, 2.45) is 0 Å². The van der Waals surface area contributed by atoms with Crippen molar-refractivity contribution >= 4 is 39.1 Å². The molecule has 0 radical (unpaired) electrons. The Hall–Kier alpha value is -1.64. The molecule has 2 aromatic carbocycles. The van der Waals surface area contributed by atoms with E-state index >= 15 is 0 Å². The van der Waals surface area contributed by atoms with E-state index in [9.17, 15) is 13.2 Å². The first kappa shape index (κ1) is 22.1. The molecule has 0 aromatic heterocycles. The first-order chi connectivity index (χ1) is 13.9. The van der Waals surface area contributed by atoms with Gasteiger partial charge in [-0.1, -0.05) is 41.4 Å². The van der Waals surface area contributed by atoms with Crippen LogP contribution in [0.3, 0.4) is 0 Å². The summed E-state index contributed by atoms with van der Waals surface area (Å²) in [7, 11) is -3.52. The normalized spacial score (nSPS) is 15.9. The van der Waals surface area contributed by atoms with E-state index in [-0.39, 0.29) is 10.8 Å². The number of hydrogen-bond donors (Lipinski definition) is 1. The molecule has 0 bridgehead atoms. The highest BCUT2D eigenvalue weighted by Gasteiger charge is 2.28. The topological polar surface area (TPSA) is 69.7 Å². The molecule has 0 saturated carbocycles. The predicted molar refractivity (Wildman–Crippen MR) is 115 cm³/mol. The van der Waals surface area contributed by atoms with E-state index in [2.05, 4.69) is 10.2 Å². The molecule has 1 heterocycles. The van der Waals surface area contributed by atoms with Gasteiger partial charge in [0.15, 0.2) is 0 Å². The molecule has 0 aliphatic carbocycles. The highest BCUT2D eigenvalue weighted by molar-refractivity contribution is 7.89. The molecule has 6 nitrogen and oxygen atoms in total. The van der Waals surface area contributed by atoms with Gasteiger partial charge in [0.05, 0.1) is 4.90 Å². The lowest BCUT2D eigenvalue weighted by Gasteiger charge is -2.33. The van der Waals surface area contributed by atoms with Gasteiger partial charge in [-0.15, -0.1) is 0 Å². The Bertz CT molecular complexity index is 944. The van der Waals surface area contributed by atoms with Crippen molar-refractivity contribution in [2.45, 2.75) is 17.9 Å². The van der Waals surface area contributed by atoms with Crippen molar-refractivity contribution in [1.82, 2.24) is 14.5 Å². The maximum Gasteiger partial charge on any atom is 0.243 e. The third-order valence-corrected chi connectivity index (χ3v) is 7.41. The van der Waals surface area contributed by atoms with Crippen LogP contribution in [0.2, 0.25) is 10.0 Å². The number of nitrogens with zero attached hydrogens (tertiary/aromatic N) is 2. The molecule has 0 spiro atoms. The molecule has 0 atom stereocenters. The molecule has 9 heteroatoms. The fraction of sp³-hybridized carbons (Fsp3) is 0.350. The predicted octanol–water partition coefficient (Wildman–Crippen LogP) is 3.01. The van der Waals surface area contributed by atoms with Gasteiger partial charge >= 0.3 is 0 Å². The van der Waals surface area contributed by atoms with Crippen LogP contribution in [0.5, 0.6) is 0 Å². The van der Waals surface area contributed by atoms with Crippen molar-refractivity contribution < 1.29 is 13.2 Å². The molecular formula is C20H23Cl2N3O3S. The van der Waals surface area contributed by atoms with E-state index in [4.69, 9.17) is 23.2 Å². The summed E-state index contributed by atoms with van der Waals surface area (Å²) < 4.78 is 26.9. The van der Waals surface area contributed by atoms with Crippen molar-refractivity contribution in [3.8, 4) is 0 Å². The number of amides is 1. The molecule has 1 aliphatic rings. The Morgan fingerprint density at radius 3 is 2.28 bits per heavy atom. The summed E-state index contributed by atoms with van der Waals surface area (Å²) >= 11 is 11.9. The van der Waals surface area contributed by atoms with E-state index in [1.165, 1.54) is 16.4 Å². The highest BCUT2D eigenvalue weighted by Crippen LogP contribution is 2.20. The van der Waals surface area contributed by atoms with Crippen molar-refractivity contribution in [3.05, 3.63) is 64.1 Å². The fourth-order valence-corrected chi connectivity index (χ4v) is 4.88. The van der Waals surface area contributed by atoms with Crippen LogP contribution in [-0.4, -0.2) is 56.3 Å². The number of nitrogens with one attached hydrogen (secondary N) is 1. The first-order valence-corrected chi connectivity index (χ1v) is 11.5. The lowest BCUT2D eigenvalue weighted by Crippen LogP contribution is -2.49. The van der Waals surface area contributed by atoms with Crippen LogP contribution < -0.4 is 5.32 Å². The van der Waals surface area contributed by atoms with Crippen molar-refractivity contribution in [1.29, 1.82) is 0 Å². The van der Waals surface area contributed by atoms with Crippen LogP contribution in [0.25, 0.3) is 0 Å². The highest BCUT2D eigenvalue weighted by atomic mass is 35.5. The van der Waals surface area contributed by atoms with Gasteiger partial charge in [-0.2, -0.15) is 4.31 Å². The van der Waals surface area contributed by atoms with E-state index in [0.717, 1.165) is 5.56 Å². The molecule has 1 saturated heterocycles. The molecule has 1 aliphatic heterocycles. The van der Waals surface area contributed by atoms with E-state index in [1.807, 2.05) is 18.2 Å². The van der Waals surface area contributed by atoms with E-state index < -0.39 is 10.0 Å². The third kappa shape index (κ3) is 5.93. The minimum absolute atomic E-state index is 0.0545. The first-order valence-electron chi connectivity index (χ1n) is 9.34. The second-order valence-corrected chi connectivity index (χ2v) is 9.60. The number of halogens is 2. The molecule has 1 amide bonds. The second-order valence-electron chi connectivity index (χ2n) is 6.82. The summed E-state index contributed by atoms with van der Waals surface area (Å²) in [4.78, 5) is 14.5. The molecule has 2 aromatic rings. The Morgan fingerprint density at radius 1 is 0.966 bits per heavy atom. The zero-order valence-electron chi connectivity index (χ0n) is 15.9. The van der Waals surface area contributed by atoms with Crippen LogP contribution in [0.4, 0.5) is 0 Å². The average molecular weight is 456 g/mol. The molecule has 156 valence electrons. The summed E-state index contributed by atoms with van der Waals surface area (Å²) in [5, 5.41) is 4.00. The van der Waals surface area contributed by atoms with Crippen LogP contribution in [0.15, 0.2) is 53.4 Å². The molecule has 1 fully saturated rings. The van der Waals surface area contributed by atoms with E-state index in [0.29, 0.717) is 55.7 Å². The van der Waals surface area contributed by atoms with Crippen LogP contribution in [-0.2, 0) is 21.4 Å². The minimum atomic E-state index is -3.52. The van der Waals surface area contributed by atoms with Gasteiger partial charge in [0.25, 0.3) is 0 Å². The maximum atomic E-state index is 12.7.